The highest BCUT2D eigenvalue weighted by Crippen LogP contribution is 2.25. The van der Waals surface area contributed by atoms with Crippen LogP contribution in [0.1, 0.15) is 9.75 Å². The molecule has 3 heterocycles. The molecule has 0 saturated carbocycles. The molecule has 13 heteroatoms. The summed E-state index contributed by atoms with van der Waals surface area (Å²) in [5.41, 5.74) is -1.97. The largest absolute Gasteiger partial charge is 0.331 e. The molecule has 3 aromatic rings. The van der Waals surface area contributed by atoms with Gasteiger partial charge in [0.1, 0.15) is 0 Å². The first-order chi connectivity index (χ1) is 12.8. The number of aromatic nitrogens is 2. The minimum atomic E-state index is -1.17. The molecular weight excluding hydrogens is 403 g/mol. The third kappa shape index (κ3) is 3.83. The molecule has 0 aliphatic rings. The van der Waals surface area contributed by atoms with Crippen molar-refractivity contribution in [1.82, 2.24) is 9.13 Å². The van der Waals surface area contributed by atoms with Crippen LogP contribution < -0.4 is 11.2 Å². The van der Waals surface area contributed by atoms with Crippen LogP contribution in [-0.2, 0) is 13.1 Å². The van der Waals surface area contributed by atoms with Gasteiger partial charge in [-0.2, -0.15) is 4.39 Å². The van der Waals surface area contributed by atoms with Gasteiger partial charge in [-0.15, -0.1) is 0 Å². The van der Waals surface area contributed by atoms with Gasteiger partial charge in [-0.25, -0.2) is 4.79 Å². The summed E-state index contributed by atoms with van der Waals surface area (Å²) in [6, 6.07) is 5.31. The van der Waals surface area contributed by atoms with Crippen LogP contribution in [0.25, 0.3) is 0 Å². The summed E-state index contributed by atoms with van der Waals surface area (Å²) in [5.74, 6) is -1.17. The van der Waals surface area contributed by atoms with Crippen LogP contribution in [0.3, 0.4) is 0 Å². The lowest BCUT2D eigenvalue weighted by atomic mass is 10.4. The zero-order valence-corrected chi connectivity index (χ0v) is 14.9. The Balaban J connectivity index is 1.96. The van der Waals surface area contributed by atoms with Crippen molar-refractivity contribution < 1.29 is 14.2 Å². The number of hydrogen-bond donors (Lipinski definition) is 0. The first-order valence-corrected chi connectivity index (χ1v) is 8.85. The highest BCUT2D eigenvalue weighted by atomic mass is 32.1. The van der Waals surface area contributed by atoms with Crippen LogP contribution in [0.5, 0.6) is 0 Å². The van der Waals surface area contributed by atoms with Crippen molar-refractivity contribution >= 4 is 32.7 Å². The van der Waals surface area contributed by atoms with Crippen molar-refractivity contribution in [2.45, 2.75) is 13.1 Å². The molecular formula is C14H9FN4O6S2. The number of halogens is 1. The third-order valence-corrected chi connectivity index (χ3v) is 5.53. The minimum absolute atomic E-state index is 0.127. The number of rotatable bonds is 6. The van der Waals surface area contributed by atoms with Crippen molar-refractivity contribution in [3.8, 4) is 0 Å². The monoisotopic (exact) mass is 412 g/mol. The summed E-state index contributed by atoms with van der Waals surface area (Å²) in [7, 11) is 0. The van der Waals surface area contributed by atoms with E-state index in [4.69, 9.17) is 0 Å². The molecule has 140 valence electrons. The quantitative estimate of drug-likeness (QED) is 0.450. The lowest BCUT2D eigenvalue weighted by Gasteiger charge is -2.09. The summed E-state index contributed by atoms with van der Waals surface area (Å²) >= 11 is 1.60. The molecule has 0 fully saturated rings. The van der Waals surface area contributed by atoms with Crippen LogP contribution in [-0.4, -0.2) is 19.0 Å². The lowest BCUT2D eigenvalue weighted by Crippen LogP contribution is -2.41. The predicted molar refractivity (Wildman–Crippen MR) is 95.1 cm³/mol. The molecule has 3 rings (SSSR count). The van der Waals surface area contributed by atoms with Crippen LogP contribution in [0.4, 0.5) is 14.4 Å². The Morgan fingerprint density at radius 1 is 0.926 bits per heavy atom. The Bertz CT molecular complexity index is 1160. The molecule has 0 radical (unpaired) electrons. The molecule has 0 unspecified atom stereocenters. The molecule has 0 N–H and O–H groups in total. The van der Waals surface area contributed by atoms with Gasteiger partial charge in [0.25, 0.3) is 5.56 Å². The van der Waals surface area contributed by atoms with E-state index >= 15 is 0 Å². The molecule has 0 atom stereocenters. The molecule has 0 aromatic carbocycles. The average Bonchev–Trinajstić information content (AvgIpc) is 3.26. The zero-order valence-electron chi connectivity index (χ0n) is 13.2. The van der Waals surface area contributed by atoms with Gasteiger partial charge < -0.3 is 0 Å². The normalized spacial score (nSPS) is 10.9. The second kappa shape index (κ2) is 7.20. The Morgan fingerprint density at radius 2 is 1.44 bits per heavy atom. The number of hydrogen-bond acceptors (Lipinski definition) is 8. The van der Waals surface area contributed by atoms with Gasteiger partial charge >= 0.3 is 15.7 Å². The standard InChI is InChI=1S/C14H9FN4O6S2/c15-10-7-16(5-8-1-3-11(26-8)18(22)23)14(21)17(13(10)20)6-9-2-4-12(27-9)19(24)25/h1-4,7H,5-6H2. The van der Waals surface area contributed by atoms with E-state index in [2.05, 4.69) is 0 Å². The van der Waals surface area contributed by atoms with Crippen LogP contribution in [0, 0.1) is 26.0 Å². The van der Waals surface area contributed by atoms with Crippen molar-refractivity contribution in [3.63, 3.8) is 0 Å². The Kier molecular flexibility index (Phi) is 4.96. The molecule has 10 nitrogen and oxygen atoms in total. The van der Waals surface area contributed by atoms with E-state index in [0.717, 1.165) is 33.4 Å². The van der Waals surface area contributed by atoms with E-state index < -0.39 is 26.9 Å². The minimum Gasteiger partial charge on any atom is -0.292 e. The van der Waals surface area contributed by atoms with Crippen molar-refractivity contribution in [3.05, 3.63) is 87.1 Å². The maximum absolute atomic E-state index is 14.0. The molecule has 0 saturated heterocycles. The predicted octanol–water partition coefficient (Wildman–Crippen LogP) is 2.19. The van der Waals surface area contributed by atoms with Gasteiger partial charge in [-0.3, -0.25) is 34.2 Å². The summed E-state index contributed by atoms with van der Waals surface area (Å²) in [4.78, 5) is 45.6. The van der Waals surface area contributed by atoms with Crippen molar-refractivity contribution in [2.24, 2.45) is 0 Å². The van der Waals surface area contributed by atoms with E-state index in [0.29, 0.717) is 14.3 Å². The second-order valence-corrected chi connectivity index (χ2v) is 7.57. The first-order valence-electron chi connectivity index (χ1n) is 7.22. The van der Waals surface area contributed by atoms with Crippen molar-refractivity contribution in [1.29, 1.82) is 0 Å². The Hall–Kier alpha value is -3.19. The van der Waals surface area contributed by atoms with E-state index in [9.17, 15) is 34.2 Å². The highest BCUT2D eigenvalue weighted by molar-refractivity contribution is 7.15. The smallest absolute Gasteiger partial charge is 0.292 e. The van der Waals surface area contributed by atoms with E-state index in [1.165, 1.54) is 24.3 Å². The SMILES string of the molecule is O=c1c(F)cn(Cc2ccc([N+](=O)[O-])s2)c(=O)n1Cc1ccc([N+](=O)[O-])s1. The van der Waals surface area contributed by atoms with Gasteiger partial charge in [0.15, 0.2) is 0 Å². The van der Waals surface area contributed by atoms with Gasteiger partial charge in [0.2, 0.25) is 5.82 Å². The van der Waals surface area contributed by atoms with E-state index in [1.807, 2.05) is 0 Å². The van der Waals surface area contributed by atoms with Crippen molar-refractivity contribution in [2.75, 3.05) is 0 Å². The zero-order chi connectivity index (χ0) is 19.7. The summed E-state index contributed by atoms with van der Waals surface area (Å²) in [6.45, 7) is -0.475. The fourth-order valence-electron chi connectivity index (χ4n) is 2.29. The maximum atomic E-state index is 14.0. The van der Waals surface area contributed by atoms with Crippen LogP contribution >= 0.6 is 22.7 Å². The van der Waals surface area contributed by atoms with Crippen LogP contribution in [0.2, 0.25) is 0 Å². The molecule has 3 aromatic heterocycles. The fraction of sp³-hybridized carbons (Fsp3) is 0.143. The molecule has 0 aliphatic carbocycles. The number of thiophene rings is 2. The maximum Gasteiger partial charge on any atom is 0.331 e. The topological polar surface area (TPSA) is 130 Å². The highest BCUT2D eigenvalue weighted by Gasteiger charge is 2.17. The van der Waals surface area contributed by atoms with Gasteiger partial charge in [-0.05, 0) is 12.1 Å². The van der Waals surface area contributed by atoms with Gasteiger partial charge in [0.05, 0.1) is 29.1 Å². The summed E-state index contributed by atoms with van der Waals surface area (Å²) < 4.78 is 15.5. The number of nitro groups is 2. The summed E-state index contributed by atoms with van der Waals surface area (Å²) in [5, 5.41) is 21.2. The number of nitrogens with zero attached hydrogens (tertiary/aromatic N) is 4. The molecule has 0 amide bonds. The Morgan fingerprint density at radius 3 is 1.93 bits per heavy atom. The third-order valence-electron chi connectivity index (χ3n) is 3.49. The molecule has 0 aliphatic heterocycles. The molecule has 27 heavy (non-hydrogen) atoms. The average molecular weight is 412 g/mol. The van der Waals surface area contributed by atoms with E-state index in [1.54, 1.807) is 0 Å². The van der Waals surface area contributed by atoms with E-state index in [-0.39, 0.29) is 23.1 Å². The first kappa shape index (κ1) is 18.6. The summed E-state index contributed by atoms with van der Waals surface area (Å²) in [6.07, 6.45) is 0.740. The van der Waals surface area contributed by atoms with Crippen LogP contribution in [0.15, 0.2) is 40.1 Å². The second-order valence-electron chi connectivity index (χ2n) is 5.27. The van der Waals surface area contributed by atoms with Gasteiger partial charge in [-0.1, -0.05) is 22.7 Å². The molecule has 0 spiro atoms. The van der Waals surface area contributed by atoms with Gasteiger partial charge in [0, 0.05) is 21.9 Å². The lowest BCUT2D eigenvalue weighted by molar-refractivity contribution is -0.380. The molecule has 0 bridgehead atoms. The fourth-order valence-corrected chi connectivity index (χ4v) is 3.92. The Labute approximate surface area is 156 Å².